The van der Waals surface area contributed by atoms with Gasteiger partial charge in [0.05, 0.1) is 0 Å². The van der Waals surface area contributed by atoms with E-state index in [1.807, 2.05) is 0 Å². The summed E-state index contributed by atoms with van der Waals surface area (Å²) in [6.45, 7) is 6.87. The predicted molar refractivity (Wildman–Crippen MR) is 52.7 cm³/mol. The molecule has 0 heterocycles. The summed E-state index contributed by atoms with van der Waals surface area (Å²) in [6, 6.07) is 0. The lowest BCUT2D eigenvalue weighted by Gasteiger charge is -2.18. The number of rotatable bonds is 7. The quantitative estimate of drug-likeness (QED) is 0.517. The van der Waals surface area contributed by atoms with Crippen molar-refractivity contribution in [2.24, 2.45) is 0 Å². The van der Waals surface area contributed by atoms with Gasteiger partial charge < -0.3 is 4.89 Å². The molecule has 0 saturated heterocycles. The van der Waals surface area contributed by atoms with E-state index < -0.39 is 16.0 Å². The Morgan fingerprint density at radius 1 is 1.43 bits per heavy atom. The van der Waals surface area contributed by atoms with Crippen molar-refractivity contribution < 1.29 is 23.2 Å². The number of hydrogen-bond donors (Lipinski definition) is 2. The van der Waals surface area contributed by atoms with Crippen molar-refractivity contribution in [3.63, 3.8) is 0 Å². The largest absolute Gasteiger partial charge is 0.704 e. The molecule has 0 spiro atoms. The van der Waals surface area contributed by atoms with Crippen LogP contribution in [0, 0.1) is 0 Å². The maximum Gasteiger partial charge on any atom is 0.704 e. The normalized spacial score (nSPS) is 16.1. The summed E-state index contributed by atoms with van der Waals surface area (Å²) in [7, 11) is -7.35. The van der Waals surface area contributed by atoms with Crippen LogP contribution in [0.1, 0.15) is 0 Å². The van der Waals surface area contributed by atoms with Gasteiger partial charge in [0.25, 0.3) is 0 Å². The lowest BCUT2D eigenvalue weighted by Crippen LogP contribution is -2.20. The molecule has 0 radical (unpaired) electrons. The van der Waals surface area contributed by atoms with E-state index in [0.29, 0.717) is 0 Å². The molecule has 0 rings (SSSR count). The van der Waals surface area contributed by atoms with Crippen molar-refractivity contribution in [3.8, 4) is 0 Å². The van der Waals surface area contributed by atoms with E-state index in [-0.39, 0.29) is 13.1 Å². The van der Waals surface area contributed by atoms with Gasteiger partial charge in [-0.25, -0.2) is 4.57 Å². The molecule has 0 aliphatic carbocycles. The highest BCUT2D eigenvalue weighted by Gasteiger charge is 2.38. The first-order valence-corrected chi connectivity index (χ1v) is 6.26. The van der Waals surface area contributed by atoms with E-state index in [4.69, 9.17) is 4.89 Å². The van der Waals surface area contributed by atoms with E-state index in [9.17, 15) is 14.0 Å². The molecule has 0 aromatic carbocycles. The Labute approximate surface area is 83.0 Å². The van der Waals surface area contributed by atoms with Crippen molar-refractivity contribution in [3.05, 3.63) is 25.3 Å². The van der Waals surface area contributed by atoms with Crippen LogP contribution in [-0.2, 0) is 13.4 Å². The summed E-state index contributed by atoms with van der Waals surface area (Å²) in [4.78, 5) is 17.6. The van der Waals surface area contributed by atoms with Crippen LogP contribution in [0.5, 0.6) is 0 Å². The van der Waals surface area contributed by atoms with E-state index in [2.05, 4.69) is 17.5 Å². The van der Waals surface area contributed by atoms with Crippen LogP contribution >= 0.6 is 16.0 Å². The van der Waals surface area contributed by atoms with Crippen molar-refractivity contribution in [1.29, 1.82) is 0 Å². The first kappa shape index (κ1) is 13.7. The van der Waals surface area contributed by atoms with Crippen molar-refractivity contribution in [1.82, 2.24) is 4.67 Å². The Hall–Kier alpha value is -0.350. The van der Waals surface area contributed by atoms with Crippen molar-refractivity contribution >= 4 is 16.0 Å². The molecule has 0 aliphatic rings. The predicted octanol–water partition coefficient (Wildman–Crippen LogP) is 1.43. The average molecular weight is 240 g/mol. The van der Waals surface area contributed by atoms with Gasteiger partial charge in [-0.3, -0.25) is 0 Å². The summed E-state index contributed by atoms with van der Waals surface area (Å²) < 4.78 is 26.5. The first-order chi connectivity index (χ1) is 6.44. The third kappa shape index (κ3) is 4.77. The minimum atomic E-state index is -4.23. The molecule has 0 aromatic rings. The molecule has 8 heteroatoms. The monoisotopic (exact) mass is 240 g/mol. The van der Waals surface area contributed by atoms with E-state index >= 15 is 0 Å². The van der Waals surface area contributed by atoms with Crippen LogP contribution in [0.3, 0.4) is 0 Å². The molecular weight excluding hydrogens is 228 g/mol. The van der Waals surface area contributed by atoms with E-state index in [0.717, 1.165) is 4.67 Å². The van der Waals surface area contributed by atoms with Gasteiger partial charge in [0.2, 0.25) is 0 Å². The van der Waals surface area contributed by atoms with E-state index in [1.54, 1.807) is 0 Å². The van der Waals surface area contributed by atoms with Crippen LogP contribution in [0.4, 0.5) is 0 Å². The van der Waals surface area contributed by atoms with Crippen LogP contribution in [0.15, 0.2) is 25.3 Å². The number of nitrogens with zero attached hydrogens (tertiary/aromatic N) is 1. The second-order valence-corrected chi connectivity index (χ2v) is 4.93. The van der Waals surface area contributed by atoms with Crippen molar-refractivity contribution in [2.45, 2.75) is 0 Å². The molecule has 0 aromatic heterocycles. The molecule has 0 amide bonds. The van der Waals surface area contributed by atoms with Crippen LogP contribution in [0.25, 0.3) is 0 Å². The fourth-order valence-corrected chi connectivity index (χ4v) is 2.51. The van der Waals surface area contributed by atoms with Gasteiger partial charge in [-0.2, -0.15) is 4.67 Å². The number of hydrogen-bond acceptors (Lipinski definition) is 3. The van der Waals surface area contributed by atoms with Gasteiger partial charge in [0.1, 0.15) is 0 Å². The standard InChI is InChI=1S/C6H11NO5P2/c1-3-5-7(6-4-2)14(10,11)12-13(8)9/h3-4H,1-2,5-6H2,(H-,8,9,10,11)/p+1. The van der Waals surface area contributed by atoms with Crippen LogP contribution in [0.2, 0.25) is 0 Å². The minimum Gasteiger partial charge on any atom is -0.310 e. The van der Waals surface area contributed by atoms with Gasteiger partial charge in [-0.05, 0) is 4.31 Å². The second-order valence-electron chi connectivity index (χ2n) is 2.26. The van der Waals surface area contributed by atoms with Gasteiger partial charge in [0.15, 0.2) is 0 Å². The molecule has 0 aliphatic heterocycles. The fraction of sp³-hybridized carbons (Fsp3) is 0.333. The lowest BCUT2D eigenvalue weighted by atomic mass is 10.5. The Morgan fingerprint density at radius 2 is 1.86 bits per heavy atom. The SMILES string of the molecule is C=CCN(CC=C)P(=O)(O)O[P+](=O)O. The zero-order valence-electron chi connectivity index (χ0n) is 7.44. The summed E-state index contributed by atoms with van der Waals surface area (Å²) in [5, 5.41) is 0. The molecule has 2 N–H and O–H groups in total. The highest BCUT2D eigenvalue weighted by atomic mass is 31.2. The van der Waals surface area contributed by atoms with Gasteiger partial charge in [0, 0.05) is 17.7 Å². The maximum absolute atomic E-state index is 11.3. The Balaban J connectivity index is 4.59. The van der Waals surface area contributed by atoms with Gasteiger partial charge >= 0.3 is 16.0 Å². The maximum atomic E-state index is 11.3. The summed E-state index contributed by atoms with van der Waals surface area (Å²) in [5.74, 6) is 0. The smallest absolute Gasteiger partial charge is 0.310 e. The minimum absolute atomic E-state index is 0.0585. The third-order valence-corrected chi connectivity index (χ3v) is 3.66. The molecular formula is C6H12NO5P2+. The Kier molecular flexibility index (Phi) is 6.04. The second kappa shape index (κ2) is 6.19. The zero-order valence-corrected chi connectivity index (χ0v) is 9.23. The third-order valence-electron chi connectivity index (χ3n) is 1.21. The zero-order chi connectivity index (χ0) is 11.2. The van der Waals surface area contributed by atoms with Gasteiger partial charge in [-0.15, -0.1) is 18.1 Å². The van der Waals surface area contributed by atoms with Crippen molar-refractivity contribution in [2.75, 3.05) is 13.1 Å². The molecule has 0 bridgehead atoms. The van der Waals surface area contributed by atoms with Crippen LogP contribution in [-0.4, -0.2) is 27.5 Å². The molecule has 80 valence electrons. The Morgan fingerprint density at radius 3 is 2.14 bits per heavy atom. The molecule has 0 fully saturated rings. The molecule has 2 atom stereocenters. The Bertz CT molecular complexity index is 269. The molecule has 2 unspecified atom stereocenters. The molecule has 6 nitrogen and oxygen atoms in total. The topological polar surface area (TPSA) is 87.1 Å². The van der Waals surface area contributed by atoms with Gasteiger partial charge in [-0.1, -0.05) is 12.2 Å². The summed E-state index contributed by atoms with van der Waals surface area (Å²) >= 11 is 0. The summed E-state index contributed by atoms with van der Waals surface area (Å²) in [5.41, 5.74) is 0. The highest BCUT2D eigenvalue weighted by Crippen LogP contribution is 2.52. The average Bonchev–Trinajstić information content (AvgIpc) is 2.01. The molecule has 14 heavy (non-hydrogen) atoms. The molecule has 0 saturated carbocycles. The highest BCUT2D eigenvalue weighted by molar-refractivity contribution is 7.57. The lowest BCUT2D eigenvalue weighted by molar-refractivity contribution is 0.287. The van der Waals surface area contributed by atoms with E-state index in [1.165, 1.54) is 12.2 Å². The summed E-state index contributed by atoms with van der Waals surface area (Å²) in [6.07, 6.45) is 2.75. The first-order valence-electron chi connectivity index (χ1n) is 3.60. The fourth-order valence-electron chi connectivity index (χ4n) is 0.722. The van der Waals surface area contributed by atoms with Crippen LogP contribution < -0.4 is 0 Å².